The second-order valence-corrected chi connectivity index (χ2v) is 3.85. The highest BCUT2D eigenvalue weighted by molar-refractivity contribution is 5.95. The maximum atomic E-state index is 11.4. The van der Waals surface area contributed by atoms with Crippen LogP contribution < -0.4 is 10.5 Å². The first kappa shape index (κ1) is 11.0. The van der Waals surface area contributed by atoms with Gasteiger partial charge in [-0.1, -0.05) is 6.07 Å². The van der Waals surface area contributed by atoms with E-state index < -0.39 is 5.91 Å². The maximum absolute atomic E-state index is 11.4. The Morgan fingerprint density at radius 3 is 2.94 bits per heavy atom. The number of ether oxygens (including phenoxy) is 2. The summed E-state index contributed by atoms with van der Waals surface area (Å²) >= 11 is 0. The number of carbonyl (C=O) groups is 1. The van der Waals surface area contributed by atoms with E-state index in [9.17, 15) is 4.79 Å². The number of primary amides is 1. The predicted molar refractivity (Wildman–Crippen MR) is 59.7 cm³/mol. The smallest absolute Gasteiger partial charge is 0.249 e. The molecule has 0 unspecified atom stereocenters. The highest BCUT2D eigenvalue weighted by atomic mass is 16.5. The van der Waals surface area contributed by atoms with Crippen molar-refractivity contribution in [3.63, 3.8) is 0 Å². The number of benzene rings is 1. The molecule has 1 fully saturated rings. The third-order valence-electron chi connectivity index (χ3n) is 2.89. The van der Waals surface area contributed by atoms with Crippen molar-refractivity contribution in [2.75, 3.05) is 20.3 Å². The first-order chi connectivity index (χ1) is 7.74. The minimum absolute atomic E-state index is 0.207. The van der Waals surface area contributed by atoms with E-state index in [0.717, 1.165) is 18.6 Å². The Balaban J connectivity index is 2.48. The van der Waals surface area contributed by atoms with Crippen molar-refractivity contribution in [1.29, 1.82) is 0 Å². The summed E-state index contributed by atoms with van der Waals surface area (Å²) in [6.07, 6.45) is 0.903. The molecule has 1 atom stereocenters. The molecule has 16 heavy (non-hydrogen) atoms. The van der Waals surface area contributed by atoms with Gasteiger partial charge in [0, 0.05) is 23.7 Å². The van der Waals surface area contributed by atoms with E-state index in [1.807, 2.05) is 6.07 Å². The van der Waals surface area contributed by atoms with Crippen LogP contribution in [-0.4, -0.2) is 26.2 Å². The molecule has 86 valence electrons. The largest absolute Gasteiger partial charge is 0.496 e. The van der Waals surface area contributed by atoms with E-state index in [4.69, 9.17) is 15.2 Å². The summed E-state index contributed by atoms with van der Waals surface area (Å²) in [5.74, 6) is 0.506. The van der Waals surface area contributed by atoms with Crippen LogP contribution in [0.25, 0.3) is 0 Å². The van der Waals surface area contributed by atoms with Gasteiger partial charge < -0.3 is 15.2 Å². The molecule has 1 heterocycles. The van der Waals surface area contributed by atoms with Crippen LogP contribution in [-0.2, 0) is 4.74 Å². The Morgan fingerprint density at radius 2 is 2.38 bits per heavy atom. The molecule has 1 aromatic rings. The van der Waals surface area contributed by atoms with Gasteiger partial charge in [-0.25, -0.2) is 0 Å². The van der Waals surface area contributed by atoms with Crippen LogP contribution in [0.2, 0.25) is 0 Å². The first-order valence-electron chi connectivity index (χ1n) is 5.28. The van der Waals surface area contributed by atoms with Gasteiger partial charge in [-0.05, 0) is 18.6 Å². The van der Waals surface area contributed by atoms with Crippen LogP contribution in [0.5, 0.6) is 5.75 Å². The molecule has 0 bridgehead atoms. The molecule has 0 spiro atoms. The van der Waals surface area contributed by atoms with Gasteiger partial charge in [-0.3, -0.25) is 4.79 Å². The van der Waals surface area contributed by atoms with Gasteiger partial charge in [0.15, 0.2) is 0 Å². The van der Waals surface area contributed by atoms with Crippen LogP contribution in [0.4, 0.5) is 0 Å². The Kier molecular flexibility index (Phi) is 3.10. The van der Waals surface area contributed by atoms with Gasteiger partial charge in [0.2, 0.25) is 5.91 Å². The molecule has 0 radical (unpaired) electrons. The van der Waals surface area contributed by atoms with E-state index in [0.29, 0.717) is 17.9 Å². The molecule has 0 aliphatic carbocycles. The minimum Gasteiger partial charge on any atom is -0.496 e. The third kappa shape index (κ3) is 1.88. The number of rotatable bonds is 3. The van der Waals surface area contributed by atoms with Gasteiger partial charge in [0.1, 0.15) is 5.75 Å². The van der Waals surface area contributed by atoms with E-state index in [1.165, 1.54) is 0 Å². The number of hydrogen-bond donors (Lipinski definition) is 1. The summed E-state index contributed by atoms with van der Waals surface area (Å²) in [4.78, 5) is 11.4. The SMILES string of the molecule is COc1cccc(C(N)=O)c1[C@@H]1CCOC1. The monoisotopic (exact) mass is 221 g/mol. The van der Waals surface area contributed by atoms with Crippen molar-refractivity contribution >= 4 is 5.91 Å². The van der Waals surface area contributed by atoms with Gasteiger partial charge in [-0.2, -0.15) is 0 Å². The van der Waals surface area contributed by atoms with Crippen LogP contribution >= 0.6 is 0 Å². The predicted octanol–water partition coefficient (Wildman–Crippen LogP) is 1.30. The van der Waals surface area contributed by atoms with Crippen LogP contribution in [0, 0.1) is 0 Å². The molecule has 2 N–H and O–H groups in total. The third-order valence-corrected chi connectivity index (χ3v) is 2.89. The Hall–Kier alpha value is -1.55. The van der Waals surface area contributed by atoms with Crippen molar-refractivity contribution < 1.29 is 14.3 Å². The highest BCUT2D eigenvalue weighted by Crippen LogP contribution is 2.34. The molecule has 1 saturated heterocycles. The highest BCUT2D eigenvalue weighted by Gasteiger charge is 2.25. The van der Waals surface area contributed by atoms with Crippen LogP contribution in [0.1, 0.15) is 28.3 Å². The van der Waals surface area contributed by atoms with Gasteiger partial charge in [0.25, 0.3) is 0 Å². The van der Waals surface area contributed by atoms with Crippen molar-refractivity contribution in [2.24, 2.45) is 5.73 Å². The summed E-state index contributed by atoms with van der Waals surface area (Å²) in [7, 11) is 1.60. The fourth-order valence-electron chi connectivity index (χ4n) is 2.12. The summed E-state index contributed by atoms with van der Waals surface area (Å²) in [5.41, 5.74) is 6.79. The summed E-state index contributed by atoms with van der Waals surface area (Å²) < 4.78 is 10.6. The summed E-state index contributed by atoms with van der Waals surface area (Å²) in [5, 5.41) is 0. The standard InChI is InChI=1S/C12H15NO3/c1-15-10-4-2-3-9(12(13)14)11(10)8-5-6-16-7-8/h2-4,8H,5-7H2,1H3,(H2,13,14)/t8-/m1/s1. The first-order valence-corrected chi connectivity index (χ1v) is 5.28. The van der Waals surface area contributed by atoms with Crippen LogP contribution in [0.3, 0.4) is 0 Å². The number of carbonyl (C=O) groups excluding carboxylic acids is 1. The molecule has 1 aliphatic heterocycles. The zero-order valence-corrected chi connectivity index (χ0v) is 9.23. The fraction of sp³-hybridized carbons (Fsp3) is 0.417. The molecule has 1 aromatic carbocycles. The van der Waals surface area contributed by atoms with E-state index in [1.54, 1.807) is 19.2 Å². The molecule has 4 nitrogen and oxygen atoms in total. The van der Waals surface area contributed by atoms with Gasteiger partial charge in [0.05, 0.1) is 13.7 Å². The average molecular weight is 221 g/mol. The molecule has 0 saturated carbocycles. The molecule has 4 heteroatoms. The lowest BCUT2D eigenvalue weighted by Crippen LogP contribution is -2.16. The van der Waals surface area contributed by atoms with Gasteiger partial charge >= 0.3 is 0 Å². The summed E-state index contributed by atoms with van der Waals surface area (Å²) in [6.45, 7) is 1.35. The normalized spacial score (nSPS) is 19.7. The minimum atomic E-state index is -0.416. The summed E-state index contributed by atoms with van der Waals surface area (Å²) in [6, 6.07) is 5.36. The topological polar surface area (TPSA) is 61.5 Å². The zero-order chi connectivity index (χ0) is 11.5. The second kappa shape index (κ2) is 4.53. The number of methoxy groups -OCH3 is 1. The Morgan fingerprint density at radius 1 is 1.56 bits per heavy atom. The number of hydrogen-bond acceptors (Lipinski definition) is 3. The average Bonchev–Trinajstić information content (AvgIpc) is 2.81. The van der Waals surface area contributed by atoms with E-state index in [2.05, 4.69) is 0 Å². The lowest BCUT2D eigenvalue weighted by Gasteiger charge is -2.16. The lowest BCUT2D eigenvalue weighted by atomic mass is 9.92. The fourth-order valence-corrected chi connectivity index (χ4v) is 2.12. The Bertz CT molecular complexity index is 397. The quantitative estimate of drug-likeness (QED) is 0.836. The molecule has 0 aromatic heterocycles. The van der Waals surface area contributed by atoms with Crippen LogP contribution in [0.15, 0.2) is 18.2 Å². The number of nitrogens with two attached hydrogens (primary N) is 1. The van der Waals surface area contributed by atoms with Crippen molar-refractivity contribution in [3.8, 4) is 5.75 Å². The van der Waals surface area contributed by atoms with Crippen molar-refractivity contribution in [1.82, 2.24) is 0 Å². The molecular weight excluding hydrogens is 206 g/mol. The van der Waals surface area contributed by atoms with Gasteiger partial charge in [-0.15, -0.1) is 0 Å². The maximum Gasteiger partial charge on any atom is 0.249 e. The Labute approximate surface area is 94.3 Å². The lowest BCUT2D eigenvalue weighted by molar-refractivity contribution is 0.0998. The van der Waals surface area contributed by atoms with E-state index in [-0.39, 0.29) is 5.92 Å². The van der Waals surface area contributed by atoms with Crippen molar-refractivity contribution in [2.45, 2.75) is 12.3 Å². The molecule has 2 rings (SSSR count). The van der Waals surface area contributed by atoms with Crippen molar-refractivity contribution in [3.05, 3.63) is 29.3 Å². The molecule has 1 aliphatic rings. The number of amides is 1. The molecular formula is C12H15NO3. The second-order valence-electron chi connectivity index (χ2n) is 3.85. The zero-order valence-electron chi connectivity index (χ0n) is 9.23. The van der Waals surface area contributed by atoms with E-state index >= 15 is 0 Å². The molecule has 1 amide bonds.